The van der Waals surface area contributed by atoms with Crippen LogP contribution in [-0.2, 0) is 97.7 Å². The summed E-state index contributed by atoms with van der Waals surface area (Å²) in [4.78, 5) is 131. The van der Waals surface area contributed by atoms with Gasteiger partial charge < -0.3 is 28.3 Å². The fraction of sp³-hybridized carbons (Fsp3) is 0.493. The topological polar surface area (TPSA) is 392 Å². The van der Waals surface area contributed by atoms with Crippen molar-refractivity contribution < 1.29 is 110 Å². The molecule has 0 radical (unpaired) electrons. The number of carbonyl (C=O) groups excluding carboxylic acids is 10. The van der Waals surface area contributed by atoms with Gasteiger partial charge in [0.25, 0.3) is 0 Å². The summed E-state index contributed by atoms with van der Waals surface area (Å²) in [5, 5.41) is 7.48. The van der Waals surface area contributed by atoms with Gasteiger partial charge in [-0.1, -0.05) is 21.9 Å². The number of hydrogen-bond donors (Lipinski definition) is 0. The number of sulfone groups is 4. The number of rotatable bonds is 13. The molecule has 2 unspecified atom stereocenters. The van der Waals surface area contributed by atoms with Crippen LogP contribution in [0.25, 0.3) is 0 Å². The minimum Gasteiger partial charge on any atom is -0.395 e. The van der Waals surface area contributed by atoms with Crippen LogP contribution in [0.4, 0.5) is 0 Å². The van der Waals surface area contributed by atoms with Crippen molar-refractivity contribution in [3.8, 4) is 0 Å². The van der Waals surface area contributed by atoms with E-state index in [4.69, 9.17) is 39.9 Å². The van der Waals surface area contributed by atoms with Crippen LogP contribution in [-0.4, -0.2) is 160 Å². The number of nitrogens with zero attached hydrogens (tertiary/aromatic N) is 2. The molecule has 106 heavy (non-hydrogen) atoms. The second-order valence-electron chi connectivity index (χ2n) is 28.1. The first-order chi connectivity index (χ1) is 49.9. The smallest absolute Gasteiger partial charge is 0.198 e. The van der Waals surface area contributed by atoms with Crippen molar-refractivity contribution in [1.29, 1.82) is 0 Å². The largest absolute Gasteiger partial charge is 0.395 e. The Kier molecular flexibility index (Phi) is 22.9. The molecule has 0 amide bonds. The third-order valence-corrected chi connectivity index (χ3v) is 28.3. The van der Waals surface area contributed by atoms with Crippen LogP contribution in [0.3, 0.4) is 0 Å². The Morgan fingerprint density at radius 1 is 0.538 bits per heavy atom. The lowest BCUT2D eigenvalue weighted by atomic mass is 9.79. The summed E-state index contributed by atoms with van der Waals surface area (Å²) in [6.45, 7) is 11.0. The van der Waals surface area contributed by atoms with E-state index in [0.29, 0.717) is 129 Å². The average Bonchev–Trinajstić information content (AvgIpc) is 1.08. The lowest BCUT2D eigenvalue weighted by Gasteiger charge is -2.36. The summed E-state index contributed by atoms with van der Waals surface area (Å²) >= 11 is 6.37. The summed E-state index contributed by atoms with van der Waals surface area (Å²) in [7, 11) is -10.9. The molecular formula is C75H81ClN2O24S4. The molecule has 9 aliphatic rings. The van der Waals surface area contributed by atoms with Crippen molar-refractivity contribution in [2.24, 2.45) is 22.9 Å². The Morgan fingerprint density at radius 3 is 1.40 bits per heavy atom. The van der Waals surface area contributed by atoms with Gasteiger partial charge in [-0.05, 0) is 150 Å². The van der Waals surface area contributed by atoms with Gasteiger partial charge in [-0.15, -0.1) is 0 Å². The van der Waals surface area contributed by atoms with E-state index in [2.05, 4.69) is 10.3 Å². The Hall–Kier alpha value is -7.81. The molecule has 1 aromatic heterocycles. The molecule has 5 aromatic rings. The molecule has 1 saturated heterocycles. The van der Waals surface area contributed by atoms with Gasteiger partial charge in [-0.3, -0.25) is 47.9 Å². The van der Waals surface area contributed by atoms with E-state index >= 15 is 0 Å². The average molecular weight is 1560 g/mol. The van der Waals surface area contributed by atoms with Gasteiger partial charge in [0, 0.05) is 122 Å². The number of carbonyl (C=O) groups is 10. The first-order valence-corrected chi connectivity index (χ1v) is 42.1. The summed E-state index contributed by atoms with van der Waals surface area (Å²) in [6, 6.07) is 7.16. The molecule has 5 aliphatic heterocycles. The minimum atomic E-state index is -3.65. The summed E-state index contributed by atoms with van der Waals surface area (Å²) in [6.07, 6.45) is 7.46. The lowest BCUT2D eigenvalue weighted by Crippen LogP contribution is -2.39. The van der Waals surface area contributed by atoms with Crippen LogP contribution < -0.4 is 0 Å². The SMILES string of the molecule is COC1CCS(=O)(=O)c2c(C)cc(C(=O)C3C(=O)CCCC3=O)c(C)c21.COC1CCS(=O)(=O)c2c(C)cc(C(=O)c3cnoc3C3CC3)c(C)c21.CS(=O)(=O)c1ccc(C(=O)C2C(=O)CCCC2=O)c(Cl)c1C1=NOCC1.Cc1cc(C(=O)C2C(=O)CCCC2=O)c(C)c2c1S(=O)(=O)CCC21OCCO1. The van der Waals surface area contributed by atoms with Gasteiger partial charge in [0.05, 0.1) is 84.8 Å². The third kappa shape index (κ3) is 15.0. The zero-order chi connectivity index (χ0) is 77.2. The number of aryl methyl sites for hydroxylation is 3. The molecule has 4 saturated carbocycles. The van der Waals surface area contributed by atoms with E-state index in [9.17, 15) is 81.6 Å². The summed E-state index contributed by atoms with van der Waals surface area (Å²) in [5.74, 6) is -8.55. The standard InChI is InChI=1S/C20H22O7S.C19H21NO5S.C19H22O6S.C17H16ClNO6S/c1-11-10-13(18(23)16-14(21)4-3-5-15(16)22)12(2)17-19(11)28(24,25)9-6-20(17)26-7-8-27-20;1-10-8-13(17(21)14-9-20-25-18(14)12-4-5-12)11(2)16-15(24-3)6-7-26(22,23)19(10)16;1-10-9-12(18(22)17-13(20)5-4-6-14(17)21)11(2)16-15(25-3)7-8-26(23,24)19(10)16;1-26(23,24)13-6-5-9(16(18)14(13)10-7-8-25-19-10)17(22)15-11(20)3-2-4-12(15)21/h10,16H,3-9H2,1-2H3;8-9,12,15H,4-7H2,1-3H3;9,15,17H,4-8H2,1-3H3;5-6,15H,2-4,7-8H2,1H3. The van der Waals surface area contributed by atoms with E-state index < -0.39 is 97.9 Å². The van der Waals surface area contributed by atoms with Crippen LogP contribution in [0.5, 0.6) is 0 Å². The monoisotopic (exact) mass is 1560 g/mol. The molecular weight excluding hydrogens is 1480 g/mol. The highest BCUT2D eigenvalue weighted by molar-refractivity contribution is 7.92. The van der Waals surface area contributed by atoms with Crippen LogP contribution in [0.1, 0.15) is 223 Å². The fourth-order valence-electron chi connectivity index (χ4n) is 15.7. The predicted molar refractivity (Wildman–Crippen MR) is 379 cm³/mol. The zero-order valence-corrected chi connectivity index (χ0v) is 64.0. The Morgan fingerprint density at radius 2 is 0.962 bits per heavy atom. The highest BCUT2D eigenvalue weighted by atomic mass is 35.5. The van der Waals surface area contributed by atoms with Crippen LogP contribution in [0.15, 0.2) is 65.8 Å². The molecule has 5 fully saturated rings. The summed E-state index contributed by atoms with van der Waals surface area (Å²) < 4.78 is 128. The van der Waals surface area contributed by atoms with Gasteiger partial charge in [0.15, 0.2) is 109 Å². The zero-order valence-electron chi connectivity index (χ0n) is 60.0. The van der Waals surface area contributed by atoms with Crippen LogP contribution >= 0.6 is 11.6 Å². The Labute approximate surface area is 618 Å². The maximum absolute atomic E-state index is 13.2. The maximum atomic E-state index is 13.2. The van der Waals surface area contributed by atoms with Crippen LogP contribution in [0.2, 0.25) is 5.02 Å². The third-order valence-electron chi connectivity index (χ3n) is 21.0. The van der Waals surface area contributed by atoms with Gasteiger partial charge >= 0.3 is 0 Å². The van der Waals surface area contributed by atoms with E-state index in [-0.39, 0.29) is 152 Å². The Balaban J connectivity index is 0.000000141. The number of Topliss-reactive ketones (excluding diaryl/α,β-unsaturated/α-hetero) is 9. The Bertz CT molecular complexity index is 5090. The highest BCUT2D eigenvalue weighted by Gasteiger charge is 2.51. The summed E-state index contributed by atoms with van der Waals surface area (Å²) in [5.41, 5.74) is 6.18. The number of hydrogen-bond acceptors (Lipinski definition) is 26. The number of oxime groups is 1. The van der Waals surface area contributed by atoms with Gasteiger partial charge in [0.2, 0.25) is 0 Å². The quantitative estimate of drug-likeness (QED) is 0.0782. The van der Waals surface area contributed by atoms with Crippen molar-refractivity contribution in [1.82, 2.24) is 5.16 Å². The molecule has 14 rings (SSSR count). The minimum absolute atomic E-state index is 0.00826. The first-order valence-electron chi connectivity index (χ1n) is 34.9. The fourth-order valence-corrected chi connectivity index (χ4v) is 22.8. The van der Waals surface area contributed by atoms with Crippen molar-refractivity contribution in [2.45, 2.75) is 181 Å². The molecule has 31 heteroatoms. The molecule has 0 N–H and O–H groups in total. The lowest BCUT2D eigenvalue weighted by molar-refractivity contribution is -0.170. The molecule has 6 heterocycles. The van der Waals surface area contributed by atoms with Gasteiger partial charge in [-0.25, -0.2) is 33.7 Å². The molecule has 566 valence electrons. The van der Waals surface area contributed by atoms with Crippen molar-refractivity contribution in [3.63, 3.8) is 0 Å². The molecule has 0 bridgehead atoms. The van der Waals surface area contributed by atoms with Crippen molar-refractivity contribution in [2.75, 3.05) is 57.6 Å². The second-order valence-corrected chi connectivity index (χ2v) is 36.6. The number of ether oxygens (including phenoxy) is 4. The number of halogens is 1. The predicted octanol–water partition coefficient (Wildman–Crippen LogP) is 9.34. The maximum Gasteiger partial charge on any atom is 0.198 e. The molecule has 1 spiro atoms. The molecule has 26 nitrogen and oxygen atoms in total. The number of ketones is 10. The number of benzene rings is 4. The first kappa shape index (κ1) is 79.2. The van der Waals surface area contributed by atoms with Crippen LogP contribution in [0, 0.1) is 59.3 Å². The second kappa shape index (κ2) is 30.7. The van der Waals surface area contributed by atoms with Crippen molar-refractivity contribution >= 4 is 114 Å². The van der Waals surface area contributed by atoms with E-state index in [1.807, 2.05) is 0 Å². The van der Waals surface area contributed by atoms with E-state index in [1.165, 1.54) is 37.6 Å². The number of methoxy groups -OCH3 is 2. The van der Waals surface area contributed by atoms with E-state index in [0.717, 1.165) is 19.1 Å². The van der Waals surface area contributed by atoms with Gasteiger partial charge in [0.1, 0.15) is 24.4 Å². The molecule has 4 aliphatic carbocycles. The van der Waals surface area contributed by atoms with Gasteiger partial charge in [-0.2, -0.15) is 0 Å². The highest BCUT2D eigenvalue weighted by Crippen LogP contribution is 2.49. The molecule has 2 atom stereocenters. The normalized spacial score (nSPS) is 21.7. The number of aromatic nitrogens is 1. The van der Waals surface area contributed by atoms with E-state index in [1.54, 1.807) is 54.7 Å². The molecule has 4 aromatic carbocycles. The number of fused-ring (bicyclic) bond motifs is 4. The van der Waals surface area contributed by atoms with Crippen molar-refractivity contribution in [3.05, 3.63) is 131 Å².